The predicted molar refractivity (Wildman–Crippen MR) is 77.1 cm³/mol. The second-order valence-electron chi connectivity index (χ2n) is 5.69. The minimum absolute atomic E-state index is 0.148. The molecule has 1 fully saturated rings. The smallest absolute Gasteiger partial charge is 0.0924 e. The van der Waals surface area contributed by atoms with E-state index >= 15 is 0 Å². The molecule has 19 heavy (non-hydrogen) atoms. The van der Waals surface area contributed by atoms with Crippen molar-refractivity contribution in [2.24, 2.45) is 5.73 Å². The summed E-state index contributed by atoms with van der Waals surface area (Å²) >= 11 is 0. The first-order valence-corrected chi connectivity index (χ1v) is 6.82. The number of amidine groups is 1. The first-order chi connectivity index (χ1) is 8.98. The van der Waals surface area contributed by atoms with E-state index in [1.54, 1.807) is 0 Å². The van der Waals surface area contributed by atoms with Gasteiger partial charge in [0, 0.05) is 25.6 Å². The van der Waals surface area contributed by atoms with Gasteiger partial charge in [0.25, 0.3) is 0 Å². The average Bonchev–Trinajstić information content (AvgIpc) is 2.37. The van der Waals surface area contributed by atoms with Crippen LogP contribution in [0.1, 0.15) is 37.8 Å². The van der Waals surface area contributed by atoms with E-state index in [1.807, 2.05) is 25.1 Å². The Balaban J connectivity index is 2.13. The van der Waals surface area contributed by atoms with E-state index in [-0.39, 0.29) is 11.9 Å². The maximum absolute atomic E-state index is 10.0. The third-order valence-corrected chi connectivity index (χ3v) is 3.91. The van der Waals surface area contributed by atoms with Crippen LogP contribution in [0.5, 0.6) is 0 Å². The summed E-state index contributed by atoms with van der Waals surface area (Å²) in [4.78, 5) is 2.33. The number of hydrogen-bond acceptors (Lipinski definition) is 3. The zero-order valence-corrected chi connectivity index (χ0v) is 11.5. The fourth-order valence-electron chi connectivity index (χ4n) is 2.66. The Hall–Kier alpha value is -1.39. The van der Waals surface area contributed by atoms with Gasteiger partial charge in [-0.25, -0.2) is 0 Å². The largest absolute Gasteiger partial charge is 0.390 e. The molecule has 0 radical (unpaired) electrons. The number of piperidine rings is 1. The second-order valence-corrected chi connectivity index (χ2v) is 5.69. The number of nitrogens with two attached hydrogens (primary N) is 1. The molecule has 1 aromatic rings. The van der Waals surface area contributed by atoms with Gasteiger partial charge in [0.15, 0.2) is 0 Å². The summed E-state index contributed by atoms with van der Waals surface area (Å²) in [5.74, 6) is 0.214. The molecule has 1 aliphatic heterocycles. The third-order valence-electron chi connectivity index (χ3n) is 3.91. The molecule has 1 unspecified atom stereocenters. The first-order valence-electron chi connectivity index (χ1n) is 6.82. The summed E-state index contributed by atoms with van der Waals surface area (Å²) in [6, 6.07) is 10.3. The molecule has 0 amide bonds. The van der Waals surface area contributed by atoms with Gasteiger partial charge in [0.2, 0.25) is 0 Å². The van der Waals surface area contributed by atoms with Gasteiger partial charge in [-0.1, -0.05) is 30.3 Å². The average molecular weight is 261 g/mol. The molecular formula is C15H23N3O. The number of rotatable bonds is 4. The SMILES string of the molecule is CC1(O)CCN(C(CC(=N)N)c2ccccc2)CC1. The zero-order valence-electron chi connectivity index (χ0n) is 11.5. The molecule has 1 aliphatic rings. The maximum Gasteiger partial charge on any atom is 0.0924 e. The zero-order chi connectivity index (χ0) is 13.9. The van der Waals surface area contributed by atoms with Crippen LogP contribution in [0.15, 0.2) is 30.3 Å². The highest BCUT2D eigenvalue weighted by Crippen LogP contribution is 2.30. The molecule has 1 aromatic carbocycles. The van der Waals surface area contributed by atoms with E-state index in [1.165, 1.54) is 5.56 Å². The number of nitrogens with zero attached hydrogens (tertiary/aromatic N) is 1. The van der Waals surface area contributed by atoms with Crippen molar-refractivity contribution in [1.82, 2.24) is 4.90 Å². The lowest BCUT2D eigenvalue weighted by atomic mass is 9.91. The lowest BCUT2D eigenvalue weighted by Crippen LogP contribution is -2.44. The molecule has 0 bridgehead atoms. The minimum Gasteiger partial charge on any atom is -0.390 e. The molecule has 1 atom stereocenters. The number of aliphatic hydroxyl groups is 1. The molecule has 4 heteroatoms. The third kappa shape index (κ3) is 3.78. The number of benzene rings is 1. The van der Waals surface area contributed by atoms with Crippen LogP contribution in [0.25, 0.3) is 0 Å². The van der Waals surface area contributed by atoms with Crippen LogP contribution >= 0.6 is 0 Å². The van der Waals surface area contributed by atoms with E-state index in [0.29, 0.717) is 6.42 Å². The molecule has 4 nitrogen and oxygen atoms in total. The first kappa shape index (κ1) is 14.0. The topological polar surface area (TPSA) is 73.3 Å². The fraction of sp³-hybridized carbons (Fsp3) is 0.533. The lowest BCUT2D eigenvalue weighted by molar-refractivity contribution is -0.0162. The van der Waals surface area contributed by atoms with Crippen molar-refractivity contribution in [2.45, 2.75) is 37.8 Å². The van der Waals surface area contributed by atoms with Crippen molar-refractivity contribution in [3.8, 4) is 0 Å². The quantitative estimate of drug-likeness (QED) is 0.572. The lowest BCUT2D eigenvalue weighted by Gasteiger charge is -2.40. The summed E-state index contributed by atoms with van der Waals surface area (Å²) in [5, 5.41) is 17.6. The van der Waals surface area contributed by atoms with Gasteiger partial charge < -0.3 is 10.8 Å². The molecule has 1 heterocycles. The standard InChI is InChI=1S/C15H23N3O/c1-15(19)7-9-18(10-8-15)13(11-14(16)17)12-5-3-2-4-6-12/h2-6,13,19H,7-11H2,1H3,(H3,16,17). The van der Waals surface area contributed by atoms with Gasteiger partial charge in [0.05, 0.1) is 11.4 Å². The van der Waals surface area contributed by atoms with E-state index in [2.05, 4.69) is 17.0 Å². The Morgan fingerprint density at radius 1 is 1.37 bits per heavy atom. The number of hydrogen-bond donors (Lipinski definition) is 3. The van der Waals surface area contributed by atoms with Crippen LogP contribution in [0.4, 0.5) is 0 Å². The number of likely N-dealkylation sites (tertiary alicyclic amines) is 1. The molecule has 0 aromatic heterocycles. The Bertz CT molecular complexity index is 420. The maximum atomic E-state index is 10.0. The van der Waals surface area contributed by atoms with Crippen molar-refractivity contribution in [3.05, 3.63) is 35.9 Å². The highest BCUT2D eigenvalue weighted by atomic mass is 16.3. The van der Waals surface area contributed by atoms with Crippen LogP contribution in [0.3, 0.4) is 0 Å². The molecule has 0 saturated carbocycles. The van der Waals surface area contributed by atoms with Gasteiger partial charge >= 0.3 is 0 Å². The molecule has 1 saturated heterocycles. The predicted octanol–water partition coefficient (Wildman–Crippen LogP) is 1.90. The summed E-state index contributed by atoms with van der Waals surface area (Å²) < 4.78 is 0. The molecule has 0 aliphatic carbocycles. The van der Waals surface area contributed by atoms with Gasteiger partial charge in [-0.2, -0.15) is 0 Å². The Morgan fingerprint density at radius 2 is 1.95 bits per heavy atom. The highest BCUT2D eigenvalue weighted by Gasteiger charge is 2.31. The second kappa shape index (κ2) is 5.72. The van der Waals surface area contributed by atoms with E-state index < -0.39 is 5.60 Å². The van der Waals surface area contributed by atoms with E-state index in [9.17, 15) is 5.11 Å². The summed E-state index contributed by atoms with van der Waals surface area (Å²) in [7, 11) is 0. The molecular weight excluding hydrogens is 238 g/mol. The summed E-state index contributed by atoms with van der Waals surface area (Å²) in [6.45, 7) is 3.59. The molecule has 4 N–H and O–H groups in total. The monoisotopic (exact) mass is 261 g/mol. The van der Waals surface area contributed by atoms with Gasteiger partial charge in [-0.05, 0) is 25.3 Å². The highest BCUT2D eigenvalue weighted by molar-refractivity contribution is 5.77. The fourth-order valence-corrected chi connectivity index (χ4v) is 2.66. The summed E-state index contributed by atoms with van der Waals surface area (Å²) in [5.41, 5.74) is 6.24. The number of nitrogens with one attached hydrogen (secondary N) is 1. The molecule has 2 rings (SSSR count). The van der Waals surface area contributed by atoms with Crippen molar-refractivity contribution in [2.75, 3.05) is 13.1 Å². The Morgan fingerprint density at radius 3 is 2.47 bits per heavy atom. The van der Waals surface area contributed by atoms with Gasteiger partial charge in [0.1, 0.15) is 0 Å². The minimum atomic E-state index is -0.548. The molecule has 0 spiro atoms. The van der Waals surface area contributed by atoms with E-state index in [0.717, 1.165) is 25.9 Å². The van der Waals surface area contributed by atoms with Crippen molar-refractivity contribution >= 4 is 5.84 Å². The van der Waals surface area contributed by atoms with Crippen LogP contribution in [0, 0.1) is 5.41 Å². The summed E-state index contributed by atoms with van der Waals surface area (Å²) in [6.07, 6.45) is 2.09. The van der Waals surface area contributed by atoms with Gasteiger partial charge in [-0.15, -0.1) is 0 Å². The normalized spacial score (nSPS) is 20.9. The Labute approximate surface area is 114 Å². The van der Waals surface area contributed by atoms with Crippen molar-refractivity contribution < 1.29 is 5.11 Å². The molecule has 104 valence electrons. The van der Waals surface area contributed by atoms with Crippen LogP contribution in [-0.2, 0) is 0 Å². The Kier molecular flexibility index (Phi) is 4.22. The van der Waals surface area contributed by atoms with Crippen molar-refractivity contribution in [1.29, 1.82) is 5.41 Å². The van der Waals surface area contributed by atoms with Crippen molar-refractivity contribution in [3.63, 3.8) is 0 Å². The van der Waals surface area contributed by atoms with Crippen LogP contribution < -0.4 is 5.73 Å². The van der Waals surface area contributed by atoms with Crippen LogP contribution in [0.2, 0.25) is 0 Å². The van der Waals surface area contributed by atoms with Gasteiger partial charge in [-0.3, -0.25) is 10.3 Å². The van der Waals surface area contributed by atoms with Crippen LogP contribution in [-0.4, -0.2) is 34.5 Å². The van der Waals surface area contributed by atoms with E-state index in [4.69, 9.17) is 11.1 Å².